The van der Waals surface area contributed by atoms with E-state index in [1.807, 2.05) is 0 Å². The molecule has 102 valence electrons. The molecule has 0 saturated heterocycles. The van der Waals surface area contributed by atoms with Crippen LogP contribution in [0.1, 0.15) is 26.3 Å². The summed E-state index contributed by atoms with van der Waals surface area (Å²) < 4.78 is 9.79. The third-order valence-electron chi connectivity index (χ3n) is 2.92. The van der Waals surface area contributed by atoms with E-state index in [-0.39, 0.29) is 5.78 Å². The highest BCUT2D eigenvalue weighted by atomic mass is 16.5. The van der Waals surface area contributed by atoms with Crippen LogP contribution in [0.5, 0.6) is 5.75 Å². The third kappa shape index (κ3) is 2.69. The molecule has 0 N–H and O–H groups in total. The van der Waals surface area contributed by atoms with Gasteiger partial charge >= 0.3 is 5.97 Å². The van der Waals surface area contributed by atoms with E-state index in [1.54, 1.807) is 48.5 Å². The van der Waals surface area contributed by atoms with E-state index in [1.165, 1.54) is 14.2 Å². The summed E-state index contributed by atoms with van der Waals surface area (Å²) >= 11 is 0. The van der Waals surface area contributed by atoms with Crippen LogP contribution >= 0.6 is 0 Å². The van der Waals surface area contributed by atoms with Crippen LogP contribution in [-0.4, -0.2) is 26.0 Å². The first kappa shape index (κ1) is 13.8. The van der Waals surface area contributed by atoms with Gasteiger partial charge in [0.1, 0.15) is 5.75 Å². The number of rotatable bonds is 4. The number of hydrogen-bond donors (Lipinski definition) is 0. The molecule has 4 heteroatoms. The van der Waals surface area contributed by atoms with Gasteiger partial charge < -0.3 is 9.47 Å². The fourth-order valence-corrected chi connectivity index (χ4v) is 1.86. The highest BCUT2D eigenvalue weighted by molar-refractivity contribution is 6.11. The summed E-state index contributed by atoms with van der Waals surface area (Å²) in [6.07, 6.45) is 0. The molecule has 0 aliphatic carbocycles. The molecule has 20 heavy (non-hydrogen) atoms. The van der Waals surface area contributed by atoms with E-state index >= 15 is 0 Å². The van der Waals surface area contributed by atoms with E-state index in [2.05, 4.69) is 4.74 Å². The molecule has 0 spiro atoms. The number of methoxy groups -OCH3 is 2. The van der Waals surface area contributed by atoms with Gasteiger partial charge in [-0.2, -0.15) is 0 Å². The van der Waals surface area contributed by atoms with Crippen LogP contribution in [0.15, 0.2) is 48.5 Å². The Hall–Kier alpha value is -2.62. The lowest BCUT2D eigenvalue weighted by Crippen LogP contribution is -2.05. The van der Waals surface area contributed by atoms with Crippen molar-refractivity contribution in [1.82, 2.24) is 0 Å². The smallest absolute Gasteiger partial charge is 0.337 e. The number of carbonyl (C=O) groups excluding carboxylic acids is 2. The number of ketones is 1. The van der Waals surface area contributed by atoms with Crippen LogP contribution in [-0.2, 0) is 4.74 Å². The Kier molecular flexibility index (Phi) is 4.15. The topological polar surface area (TPSA) is 52.6 Å². The van der Waals surface area contributed by atoms with Crippen molar-refractivity contribution >= 4 is 11.8 Å². The molecule has 0 bridgehead atoms. The highest BCUT2D eigenvalue weighted by Crippen LogP contribution is 2.21. The molecular weight excluding hydrogens is 256 g/mol. The number of benzene rings is 2. The molecule has 2 rings (SSSR count). The van der Waals surface area contributed by atoms with Gasteiger partial charge in [-0.05, 0) is 24.3 Å². The molecule has 2 aromatic carbocycles. The van der Waals surface area contributed by atoms with Crippen molar-refractivity contribution in [3.05, 3.63) is 65.2 Å². The van der Waals surface area contributed by atoms with Crippen LogP contribution in [0.3, 0.4) is 0 Å². The lowest BCUT2D eigenvalue weighted by molar-refractivity contribution is 0.0600. The maximum absolute atomic E-state index is 12.4. The molecule has 0 saturated carbocycles. The molecule has 0 radical (unpaired) electrons. The molecule has 0 aliphatic heterocycles. The fraction of sp³-hybridized carbons (Fsp3) is 0.125. The first-order valence-electron chi connectivity index (χ1n) is 6.03. The van der Waals surface area contributed by atoms with Gasteiger partial charge in [0.05, 0.1) is 25.3 Å². The number of esters is 1. The molecular formula is C16H14O4. The van der Waals surface area contributed by atoms with E-state index in [0.717, 1.165) is 0 Å². The molecule has 2 aromatic rings. The summed E-state index contributed by atoms with van der Waals surface area (Å²) in [4.78, 5) is 23.7. The van der Waals surface area contributed by atoms with Crippen LogP contribution in [0.25, 0.3) is 0 Å². The molecule has 0 atom stereocenters. The molecule has 0 fully saturated rings. The predicted molar refractivity (Wildman–Crippen MR) is 74.2 cm³/mol. The lowest BCUT2D eigenvalue weighted by atomic mass is 10.0. The lowest BCUT2D eigenvalue weighted by Gasteiger charge is -2.07. The van der Waals surface area contributed by atoms with Crippen molar-refractivity contribution in [2.75, 3.05) is 14.2 Å². The summed E-state index contributed by atoms with van der Waals surface area (Å²) in [6.45, 7) is 0. The van der Waals surface area contributed by atoms with Crippen molar-refractivity contribution < 1.29 is 19.1 Å². The molecule has 0 aliphatic rings. The van der Waals surface area contributed by atoms with Gasteiger partial charge in [0.25, 0.3) is 0 Å². The minimum absolute atomic E-state index is 0.154. The second kappa shape index (κ2) is 6.02. The largest absolute Gasteiger partial charge is 0.496 e. The average molecular weight is 270 g/mol. The van der Waals surface area contributed by atoms with Crippen LogP contribution < -0.4 is 4.74 Å². The number of hydrogen-bond acceptors (Lipinski definition) is 4. The van der Waals surface area contributed by atoms with Gasteiger partial charge in [-0.15, -0.1) is 0 Å². The second-order valence-corrected chi connectivity index (χ2v) is 4.10. The number of para-hydroxylation sites is 1. The molecule has 0 amide bonds. The maximum Gasteiger partial charge on any atom is 0.337 e. The summed E-state index contributed by atoms with van der Waals surface area (Å²) in [6, 6.07) is 13.3. The van der Waals surface area contributed by atoms with E-state index in [9.17, 15) is 9.59 Å². The van der Waals surface area contributed by atoms with Crippen molar-refractivity contribution in [2.24, 2.45) is 0 Å². The normalized spacial score (nSPS) is 9.90. The third-order valence-corrected chi connectivity index (χ3v) is 2.92. The van der Waals surface area contributed by atoms with Crippen molar-refractivity contribution in [2.45, 2.75) is 0 Å². The Bertz CT molecular complexity index is 629. The quantitative estimate of drug-likeness (QED) is 0.633. The van der Waals surface area contributed by atoms with Gasteiger partial charge in [0.15, 0.2) is 5.78 Å². The van der Waals surface area contributed by atoms with E-state index in [0.29, 0.717) is 22.4 Å². The molecule has 0 unspecified atom stereocenters. The molecule has 0 heterocycles. The monoisotopic (exact) mass is 270 g/mol. The fourth-order valence-electron chi connectivity index (χ4n) is 1.86. The Labute approximate surface area is 116 Å². The van der Waals surface area contributed by atoms with Gasteiger partial charge in [0, 0.05) is 5.56 Å². The first-order valence-corrected chi connectivity index (χ1v) is 6.03. The Morgan fingerprint density at radius 3 is 2.05 bits per heavy atom. The van der Waals surface area contributed by atoms with Gasteiger partial charge in [0.2, 0.25) is 0 Å². The van der Waals surface area contributed by atoms with Crippen molar-refractivity contribution in [3.8, 4) is 5.75 Å². The zero-order valence-corrected chi connectivity index (χ0v) is 11.3. The first-order chi connectivity index (χ1) is 9.67. The Morgan fingerprint density at radius 1 is 0.850 bits per heavy atom. The number of ether oxygens (including phenoxy) is 2. The molecule has 4 nitrogen and oxygen atoms in total. The standard InChI is InChI=1S/C16H14O4/c1-19-14-6-4-3-5-13(14)15(17)11-7-9-12(10-8-11)16(18)20-2/h3-10H,1-2H3. The van der Waals surface area contributed by atoms with E-state index < -0.39 is 5.97 Å². The van der Waals surface area contributed by atoms with Crippen molar-refractivity contribution in [3.63, 3.8) is 0 Å². The van der Waals surface area contributed by atoms with Gasteiger partial charge in [-0.3, -0.25) is 4.79 Å². The highest BCUT2D eigenvalue weighted by Gasteiger charge is 2.14. The summed E-state index contributed by atoms with van der Waals surface area (Å²) in [7, 11) is 2.84. The van der Waals surface area contributed by atoms with Gasteiger partial charge in [-0.1, -0.05) is 24.3 Å². The molecule has 0 aromatic heterocycles. The van der Waals surface area contributed by atoms with Crippen LogP contribution in [0.4, 0.5) is 0 Å². The predicted octanol–water partition coefficient (Wildman–Crippen LogP) is 2.71. The maximum atomic E-state index is 12.4. The minimum Gasteiger partial charge on any atom is -0.496 e. The summed E-state index contributed by atoms with van der Waals surface area (Å²) in [5, 5.41) is 0. The van der Waals surface area contributed by atoms with E-state index in [4.69, 9.17) is 4.74 Å². The SMILES string of the molecule is COC(=O)c1ccc(C(=O)c2ccccc2OC)cc1. The Morgan fingerprint density at radius 2 is 1.45 bits per heavy atom. The Balaban J connectivity index is 2.32. The van der Waals surface area contributed by atoms with Crippen LogP contribution in [0.2, 0.25) is 0 Å². The van der Waals surface area contributed by atoms with Gasteiger partial charge in [-0.25, -0.2) is 4.79 Å². The average Bonchev–Trinajstić information content (AvgIpc) is 2.53. The van der Waals surface area contributed by atoms with Crippen molar-refractivity contribution in [1.29, 1.82) is 0 Å². The zero-order valence-electron chi connectivity index (χ0n) is 11.3. The summed E-state index contributed by atoms with van der Waals surface area (Å²) in [5.74, 6) is -0.0605. The zero-order chi connectivity index (χ0) is 14.5. The number of carbonyl (C=O) groups is 2. The minimum atomic E-state index is -0.429. The summed E-state index contributed by atoms with van der Waals surface area (Å²) in [5.41, 5.74) is 1.38. The van der Waals surface area contributed by atoms with Crippen LogP contribution in [0, 0.1) is 0 Å². The second-order valence-electron chi connectivity index (χ2n) is 4.10.